The highest BCUT2D eigenvalue weighted by Gasteiger charge is 2.25. The zero-order valence-corrected chi connectivity index (χ0v) is 9.13. The first-order valence-corrected chi connectivity index (χ1v) is 5.15. The van der Waals surface area contributed by atoms with Crippen molar-refractivity contribution in [3.05, 3.63) is 35.4 Å². The van der Waals surface area contributed by atoms with Gasteiger partial charge in [0.2, 0.25) is 0 Å². The third-order valence-corrected chi connectivity index (χ3v) is 2.14. The topological polar surface area (TPSA) is 33.0 Å². The molecule has 17 heavy (non-hydrogen) atoms. The van der Waals surface area contributed by atoms with E-state index in [1.807, 2.05) is 6.07 Å². The summed E-state index contributed by atoms with van der Waals surface area (Å²) < 4.78 is 40.6. The lowest BCUT2D eigenvalue weighted by Gasteiger charge is -2.07. The second-order valence-corrected chi connectivity index (χ2v) is 3.54. The molecule has 0 heterocycles. The molecule has 0 aromatic heterocycles. The molecule has 1 aromatic carbocycles. The quantitative estimate of drug-likeness (QED) is 0.742. The summed E-state index contributed by atoms with van der Waals surface area (Å²) >= 11 is 0. The molecule has 0 N–H and O–H groups in total. The van der Waals surface area contributed by atoms with Crippen molar-refractivity contribution in [2.24, 2.45) is 0 Å². The summed E-state index contributed by atoms with van der Waals surface area (Å²) in [6.45, 7) is 0.209. The maximum absolute atomic E-state index is 11.8. The van der Waals surface area contributed by atoms with Gasteiger partial charge in [0.15, 0.2) is 0 Å². The van der Waals surface area contributed by atoms with Crippen LogP contribution in [0.1, 0.15) is 24.0 Å². The molecule has 1 aromatic rings. The monoisotopic (exact) mass is 243 g/mol. The average Bonchev–Trinajstić information content (AvgIpc) is 2.27. The zero-order chi connectivity index (χ0) is 12.7. The molecule has 1 rings (SSSR count). The summed E-state index contributed by atoms with van der Waals surface area (Å²) in [6, 6.07) is 8.86. The summed E-state index contributed by atoms with van der Waals surface area (Å²) in [7, 11) is 0. The van der Waals surface area contributed by atoms with Crippen LogP contribution in [-0.4, -0.2) is 12.8 Å². The van der Waals surface area contributed by atoms with Gasteiger partial charge in [0.05, 0.1) is 18.2 Å². The predicted molar refractivity (Wildman–Crippen MR) is 56.1 cm³/mol. The Morgan fingerprint density at radius 3 is 2.59 bits per heavy atom. The number of alkyl halides is 3. The van der Waals surface area contributed by atoms with E-state index in [9.17, 15) is 13.2 Å². The largest absolute Gasteiger partial charge is 0.389 e. The number of hydrogen-bond acceptors (Lipinski definition) is 2. The minimum atomic E-state index is -4.13. The maximum Gasteiger partial charge on any atom is 0.389 e. The highest BCUT2D eigenvalue weighted by molar-refractivity contribution is 5.36. The second kappa shape index (κ2) is 6.26. The molecule has 0 saturated carbocycles. The van der Waals surface area contributed by atoms with Crippen molar-refractivity contribution in [1.82, 2.24) is 0 Å². The van der Waals surface area contributed by atoms with E-state index in [2.05, 4.69) is 0 Å². The second-order valence-electron chi connectivity index (χ2n) is 3.54. The summed E-state index contributed by atoms with van der Waals surface area (Å²) in [6.07, 6.45) is -5.03. The molecule has 5 heteroatoms. The summed E-state index contributed by atoms with van der Waals surface area (Å²) in [4.78, 5) is 0. The van der Waals surface area contributed by atoms with Gasteiger partial charge in [0, 0.05) is 13.0 Å². The normalized spacial score (nSPS) is 11.2. The van der Waals surface area contributed by atoms with Gasteiger partial charge in [-0.25, -0.2) is 0 Å². The van der Waals surface area contributed by atoms with E-state index in [0.29, 0.717) is 11.1 Å². The smallest absolute Gasteiger partial charge is 0.377 e. The molecule has 0 spiro atoms. The number of benzene rings is 1. The lowest BCUT2D eigenvalue weighted by atomic mass is 10.1. The molecule has 2 nitrogen and oxygen atoms in total. The summed E-state index contributed by atoms with van der Waals surface area (Å²) in [5.41, 5.74) is 1.19. The minimum Gasteiger partial charge on any atom is -0.377 e. The van der Waals surface area contributed by atoms with Gasteiger partial charge in [-0.05, 0) is 18.1 Å². The summed E-state index contributed by atoms with van der Waals surface area (Å²) in [5.74, 6) is 0. The van der Waals surface area contributed by atoms with Crippen molar-refractivity contribution in [3.8, 4) is 6.07 Å². The van der Waals surface area contributed by atoms with Crippen molar-refractivity contribution in [2.45, 2.75) is 25.6 Å². The molecule has 0 fully saturated rings. The molecule has 0 saturated heterocycles. The third kappa shape index (κ3) is 5.36. The summed E-state index contributed by atoms with van der Waals surface area (Å²) in [5, 5.41) is 8.77. The van der Waals surface area contributed by atoms with Crippen LogP contribution in [0.15, 0.2) is 24.3 Å². The van der Waals surface area contributed by atoms with Gasteiger partial charge < -0.3 is 4.74 Å². The Hall–Kier alpha value is -1.54. The van der Waals surface area contributed by atoms with Gasteiger partial charge in [0.1, 0.15) is 0 Å². The molecule has 0 radical (unpaired) electrons. The molecule has 0 bridgehead atoms. The van der Waals surface area contributed by atoms with Crippen LogP contribution >= 0.6 is 0 Å². The van der Waals surface area contributed by atoms with Crippen LogP contribution in [0.25, 0.3) is 0 Å². The highest BCUT2D eigenvalue weighted by Crippen LogP contribution is 2.21. The third-order valence-electron chi connectivity index (χ3n) is 2.14. The van der Waals surface area contributed by atoms with E-state index in [4.69, 9.17) is 10.00 Å². The molecule has 0 aliphatic carbocycles. The van der Waals surface area contributed by atoms with Crippen LogP contribution in [0.2, 0.25) is 0 Å². The molecule has 92 valence electrons. The fourth-order valence-electron chi connectivity index (χ4n) is 1.31. The van der Waals surface area contributed by atoms with E-state index >= 15 is 0 Å². The van der Waals surface area contributed by atoms with Crippen LogP contribution < -0.4 is 0 Å². The van der Waals surface area contributed by atoms with E-state index < -0.39 is 12.6 Å². The van der Waals surface area contributed by atoms with Crippen molar-refractivity contribution in [3.63, 3.8) is 0 Å². The van der Waals surface area contributed by atoms with Crippen molar-refractivity contribution < 1.29 is 17.9 Å². The van der Waals surface area contributed by atoms with Crippen LogP contribution in [0, 0.1) is 11.3 Å². The number of nitrogens with zero attached hydrogens (tertiary/aromatic N) is 1. The first-order valence-electron chi connectivity index (χ1n) is 5.15. The van der Waals surface area contributed by atoms with Gasteiger partial charge in [0.25, 0.3) is 0 Å². The molecule has 0 atom stereocenters. The maximum atomic E-state index is 11.8. The Morgan fingerprint density at radius 2 is 1.94 bits per heavy atom. The highest BCUT2D eigenvalue weighted by atomic mass is 19.4. The lowest BCUT2D eigenvalue weighted by Crippen LogP contribution is -2.08. The van der Waals surface area contributed by atoms with Gasteiger partial charge in [-0.1, -0.05) is 18.2 Å². The number of rotatable bonds is 5. The Balaban J connectivity index is 2.30. The van der Waals surface area contributed by atoms with Crippen LogP contribution in [0.4, 0.5) is 13.2 Å². The van der Waals surface area contributed by atoms with E-state index in [1.165, 1.54) is 0 Å². The van der Waals surface area contributed by atoms with Crippen molar-refractivity contribution in [2.75, 3.05) is 6.61 Å². The van der Waals surface area contributed by atoms with Crippen molar-refractivity contribution in [1.29, 1.82) is 5.26 Å². The van der Waals surface area contributed by atoms with Crippen LogP contribution in [0.3, 0.4) is 0 Å². The fraction of sp³-hybridized carbons (Fsp3) is 0.417. The molecular weight excluding hydrogens is 231 g/mol. The Morgan fingerprint density at radius 1 is 1.24 bits per heavy atom. The first kappa shape index (κ1) is 13.5. The van der Waals surface area contributed by atoms with Crippen molar-refractivity contribution >= 4 is 0 Å². The van der Waals surface area contributed by atoms with Gasteiger partial charge in [-0.15, -0.1) is 0 Å². The lowest BCUT2D eigenvalue weighted by molar-refractivity contribution is -0.138. The predicted octanol–water partition coefficient (Wildman–Crippen LogP) is 3.42. The number of halogens is 3. The zero-order valence-electron chi connectivity index (χ0n) is 9.13. The molecule has 0 amide bonds. The number of nitriles is 1. The Bertz CT molecular complexity index is 395. The SMILES string of the molecule is N#Cc1ccccc1COCCCC(F)(F)F. The van der Waals surface area contributed by atoms with E-state index in [0.717, 1.165) is 0 Å². The van der Waals surface area contributed by atoms with Gasteiger partial charge in [-0.3, -0.25) is 0 Å². The number of ether oxygens (including phenoxy) is 1. The average molecular weight is 243 g/mol. The van der Waals surface area contributed by atoms with Crippen LogP contribution in [-0.2, 0) is 11.3 Å². The van der Waals surface area contributed by atoms with E-state index in [1.54, 1.807) is 24.3 Å². The Labute approximate surface area is 97.6 Å². The number of hydrogen-bond donors (Lipinski definition) is 0. The first-order chi connectivity index (χ1) is 8.03. The molecular formula is C12H12F3NO. The fourth-order valence-corrected chi connectivity index (χ4v) is 1.31. The Kier molecular flexibility index (Phi) is 4.98. The van der Waals surface area contributed by atoms with E-state index in [-0.39, 0.29) is 19.6 Å². The van der Waals surface area contributed by atoms with Gasteiger partial charge >= 0.3 is 6.18 Å². The molecule has 0 aliphatic rings. The van der Waals surface area contributed by atoms with Crippen LogP contribution in [0.5, 0.6) is 0 Å². The van der Waals surface area contributed by atoms with Gasteiger partial charge in [-0.2, -0.15) is 18.4 Å². The standard InChI is InChI=1S/C12H12F3NO/c13-12(14,15)6-3-7-17-9-11-5-2-1-4-10(11)8-16/h1-2,4-5H,3,6-7,9H2. The molecule has 0 aliphatic heterocycles. The minimum absolute atomic E-state index is 0.0409. The molecule has 0 unspecified atom stereocenters.